The molecule has 1 aliphatic rings. The maximum atomic E-state index is 12.1. The summed E-state index contributed by atoms with van der Waals surface area (Å²) in [5.41, 5.74) is 0.593. The minimum Gasteiger partial charge on any atom is -0.326 e. The number of terminal acetylenes is 1. The van der Waals surface area contributed by atoms with Crippen LogP contribution in [0, 0.1) is 18.3 Å². The monoisotopic (exact) mass is 217 g/mol. The minimum absolute atomic E-state index is 0.0233. The molecule has 1 saturated carbocycles. The lowest BCUT2D eigenvalue weighted by atomic mass is 10.3. The Labute approximate surface area is 95.2 Å². The van der Waals surface area contributed by atoms with Gasteiger partial charge in [-0.15, -0.1) is 6.42 Å². The van der Waals surface area contributed by atoms with Gasteiger partial charge in [-0.25, -0.2) is 0 Å². The van der Waals surface area contributed by atoms with Gasteiger partial charge in [0.25, 0.3) is 5.91 Å². The zero-order valence-electron chi connectivity index (χ0n) is 9.39. The van der Waals surface area contributed by atoms with Crippen molar-refractivity contribution in [3.05, 3.63) is 18.0 Å². The van der Waals surface area contributed by atoms with Crippen molar-refractivity contribution in [3.8, 4) is 12.3 Å². The molecule has 4 nitrogen and oxygen atoms in total. The molecule has 0 radical (unpaired) electrons. The SMILES string of the molecule is C#CCN(CC1CC1)C(=O)c1ccnn1C. The van der Waals surface area contributed by atoms with Crippen LogP contribution >= 0.6 is 0 Å². The van der Waals surface area contributed by atoms with Crippen LogP contribution in [0.5, 0.6) is 0 Å². The van der Waals surface area contributed by atoms with Gasteiger partial charge in [-0.1, -0.05) is 5.92 Å². The average molecular weight is 217 g/mol. The van der Waals surface area contributed by atoms with Gasteiger partial charge in [0, 0.05) is 19.8 Å². The summed E-state index contributed by atoms with van der Waals surface area (Å²) in [5, 5.41) is 3.99. The van der Waals surface area contributed by atoms with E-state index in [1.807, 2.05) is 0 Å². The maximum absolute atomic E-state index is 12.1. The van der Waals surface area contributed by atoms with E-state index in [1.54, 1.807) is 28.9 Å². The summed E-state index contributed by atoms with van der Waals surface area (Å²) >= 11 is 0. The van der Waals surface area contributed by atoms with Crippen molar-refractivity contribution in [1.82, 2.24) is 14.7 Å². The summed E-state index contributed by atoms with van der Waals surface area (Å²) in [6.45, 7) is 1.15. The van der Waals surface area contributed by atoms with Crippen molar-refractivity contribution in [2.75, 3.05) is 13.1 Å². The van der Waals surface area contributed by atoms with Crippen LogP contribution in [-0.4, -0.2) is 33.7 Å². The van der Waals surface area contributed by atoms with Crippen molar-refractivity contribution in [1.29, 1.82) is 0 Å². The number of carbonyl (C=O) groups is 1. The van der Waals surface area contributed by atoms with Gasteiger partial charge in [0.1, 0.15) is 5.69 Å². The third-order valence-electron chi connectivity index (χ3n) is 2.78. The molecule has 1 aromatic heterocycles. The van der Waals surface area contributed by atoms with Gasteiger partial charge in [0.05, 0.1) is 6.54 Å². The van der Waals surface area contributed by atoms with Crippen LogP contribution in [0.25, 0.3) is 0 Å². The molecule has 0 spiro atoms. The molecular formula is C12H15N3O. The van der Waals surface area contributed by atoms with Crippen molar-refractivity contribution < 1.29 is 4.79 Å². The molecule has 1 heterocycles. The Bertz CT molecular complexity index is 426. The Morgan fingerprint density at radius 1 is 1.75 bits per heavy atom. The number of rotatable bonds is 4. The molecular weight excluding hydrogens is 202 g/mol. The lowest BCUT2D eigenvalue weighted by molar-refractivity contribution is 0.0759. The van der Waals surface area contributed by atoms with Crippen LogP contribution < -0.4 is 0 Å². The summed E-state index contributed by atoms with van der Waals surface area (Å²) in [6.07, 6.45) is 9.33. The molecule has 0 saturated heterocycles. The molecule has 0 bridgehead atoms. The number of amides is 1. The highest BCUT2D eigenvalue weighted by atomic mass is 16.2. The van der Waals surface area contributed by atoms with E-state index in [0.29, 0.717) is 18.2 Å². The maximum Gasteiger partial charge on any atom is 0.272 e. The zero-order valence-corrected chi connectivity index (χ0v) is 9.39. The summed E-state index contributed by atoms with van der Waals surface area (Å²) in [7, 11) is 1.76. The Kier molecular flexibility index (Phi) is 2.95. The highest BCUT2D eigenvalue weighted by molar-refractivity contribution is 5.92. The van der Waals surface area contributed by atoms with Crippen LogP contribution in [0.1, 0.15) is 23.3 Å². The largest absolute Gasteiger partial charge is 0.326 e. The molecule has 1 amide bonds. The number of carbonyl (C=O) groups excluding carboxylic acids is 1. The van der Waals surface area contributed by atoms with Crippen molar-refractivity contribution in [2.24, 2.45) is 13.0 Å². The van der Waals surface area contributed by atoms with E-state index in [1.165, 1.54) is 12.8 Å². The molecule has 0 atom stereocenters. The summed E-state index contributed by atoms with van der Waals surface area (Å²) < 4.78 is 1.58. The molecule has 16 heavy (non-hydrogen) atoms. The lowest BCUT2D eigenvalue weighted by Crippen LogP contribution is -2.34. The number of hydrogen-bond donors (Lipinski definition) is 0. The summed E-state index contributed by atoms with van der Waals surface area (Å²) in [5.74, 6) is 3.16. The van der Waals surface area contributed by atoms with Crippen molar-refractivity contribution in [3.63, 3.8) is 0 Å². The van der Waals surface area contributed by atoms with Gasteiger partial charge in [-0.3, -0.25) is 9.48 Å². The van der Waals surface area contributed by atoms with Gasteiger partial charge in [0.15, 0.2) is 0 Å². The van der Waals surface area contributed by atoms with Crippen LogP contribution in [-0.2, 0) is 7.05 Å². The molecule has 84 valence electrons. The van der Waals surface area contributed by atoms with E-state index in [2.05, 4.69) is 11.0 Å². The third-order valence-corrected chi connectivity index (χ3v) is 2.78. The number of aromatic nitrogens is 2. The molecule has 0 unspecified atom stereocenters. The third kappa shape index (κ3) is 2.25. The van der Waals surface area contributed by atoms with Gasteiger partial charge in [-0.2, -0.15) is 5.10 Å². The fraction of sp³-hybridized carbons (Fsp3) is 0.500. The normalized spacial score (nSPS) is 14.5. The predicted molar refractivity (Wildman–Crippen MR) is 60.7 cm³/mol. The van der Waals surface area contributed by atoms with Crippen LogP contribution in [0.2, 0.25) is 0 Å². The van der Waals surface area contributed by atoms with E-state index in [9.17, 15) is 4.79 Å². The minimum atomic E-state index is -0.0233. The number of nitrogens with zero attached hydrogens (tertiary/aromatic N) is 3. The van der Waals surface area contributed by atoms with E-state index < -0.39 is 0 Å². The lowest BCUT2D eigenvalue weighted by Gasteiger charge is -2.19. The highest BCUT2D eigenvalue weighted by Crippen LogP contribution is 2.29. The second-order valence-corrected chi connectivity index (χ2v) is 4.17. The van der Waals surface area contributed by atoms with Gasteiger partial charge < -0.3 is 4.90 Å². The highest BCUT2D eigenvalue weighted by Gasteiger charge is 2.27. The Hall–Kier alpha value is -1.76. The van der Waals surface area contributed by atoms with Gasteiger partial charge >= 0.3 is 0 Å². The van der Waals surface area contributed by atoms with Crippen LogP contribution in [0.15, 0.2) is 12.3 Å². The van der Waals surface area contributed by atoms with Gasteiger partial charge in [-0.05, 0) is 24.8 Å². The summed E-state index contributed by atoms with van der Waals surface area (Å²) in [6, 6.07) is 1.72. The van der Waals surface area contributed by atoms with E-state index >= 15 is 0 Å². The Morgan fingerprint density at radius 2 is 2.50 bits per heavy atom. The first kappa shape index (κ1) is 10.7. The second-order valence-electron chi connectivity index (χ2n) is 4.17. The first-order valence-corrected chi connectivity index (χ1v) is 5.43. The molecule has 4 heteroatoms. The topological polar surface area (TPSA) is 38.1 Å². The molecule has 2 rings (SSSR count). The predicted octanol–water partition coefficient (Wildman–Crippen LogP) is 0.906. The van der Waals surface area contributed by atoms with Gasteiger partial charge in [0.2, 0.25) is 0 Å². The fourth-order valence-electron chi connectivity index (χ4n) is 1.69. The number of aryl methyl sites for hydroxylation is 1. The summed E-state index contributed by atoms with van der Waals surface area (Å²) in [4.78, 5) is 13.9. The van der Waals surface area contributed by atoms with Crippen LogP contribution in [0.3, 0.4) is 0 Å². The molecule has 1 aliphatic carbocycles. The Balaban J connectivity index is 2.10. The quantitative estimate of drug-likeness (QED) is 0.703. The second kappa shape index (κ2) is 4.40. The Morgan fingerprint density at radius 3 is 3.00 bits per heavy atom. The van der Waals surface area contributed by atoms with Crippen molar-refractivity contribution in [2.45, 2.75) is 12.8 Å². The first-order chi connectivity index (χ1) is 7.72. The molecule has 0 aromatic carbocycles. The van der Waals surface area contributed by atoms with E-state index in [4.69, 9.17) is 6.42 Å². The smallest absolute Gasteiger partial charge is 0.272 e. The first-order valence-electron chi connectivity index (χ1n) is 5.43. The fourth-order valence-corrected chi connectivity index (χ4v) is 1.69. The molecule has 0 N–H and O–H groups in total. The van der Waals surface area contributed by atoms with Crippen LogP contribution in [0.4, 0.5) is 0 Å². The van der Waals surface area contributed by atoms with E-state index in [0.717, 1.165) is 6.54 Å². The van der Waals surface area contributed by atoms with E-state index in [-0.39, 0.29) is 5.91 Å². The average Bonchev–Trinajstić information content (AvgIpc) is 2.98. The molecule has 1 fully saturated rings. The molecule has 1 aromatic rings. The number of hydrogen-bond acceptors (Lipinski definition) is 2. The molecule has 0 aliphatic heterocycles. The standard InChI is InChI=1S/C12H15N3O/c1-3-8-15(9-10-4-5-10)12(16)11-6-7-13-14(11)2/h1,6-7,10H,4-5,8-9H2,2H3. The van der Waals surface area contributed by atoms with Crippen molar-refractivity contribution >= 4 is 5.91 Å². The zero-order chi connectivity index (χ0) is 11.5.